The van der Waals surface area contributed by atoms with E-state index in [0.717, 1.165) is 22.1 Å². The highest BCUT2D eigenvalue weighted by Gasteiger charge is 2.10. The number of hydrogen-bond acceptors (Lipinski definition) is 3. The van der Waals surface area contributed by atoms with Crippen LogP contribution >= 0.6 is 15.9 Å². The molecule has 0 atom stereocenters. The van der Waals surface area contributed by atoms with E-state index in [0.29, 0.717) is 23.8 Å². The Morgan fingerprint density at radius 3 is 2.69 bits per heavy atom. The second-order valence-electron chi connectivity index (χ2n) is 7.16. The number of amides is 1. The zero-order chi connectivity index (χ0) is 22.3. The SMILES string of the molecule is COc1cccc(NC(=NCCc2c[nH]c3ccccc23)NC(=O)c2ccc(Br)cc2)c1. The van der Waals surface area contributed by atoms with Crippen LogP contribution in [0.15, 0.2) is 88.5 Å². The van der Waals surface area contributed by atoms with Crippen molar-refractivity contribution < 1.29 is 9.53 Å². The lowest BCUT2D eigenvalue weighted by molar-refractivity contribution is 0.0977. The average molecular weight is 491 g/mol. The number of methoxy groups -OCH3 is 1. The number of hydrogen-bond donors (Lipinski definition) is 3. The summed E-state index contributed by atoms with van der Waals surface area (Å²) in [6.45, 7) is 0.509. The fourth-order valence-corrected chi connectivity index (χ4v) is 3.62. The van der Waals surface area contributed by atoms with E-state index >= 15 is 0 Å². The molecular weight excluding hydrogens is 468 g/mol. The van der Waals surface area contributed by atoms with Gasteiger partial charge >= 0.3 is 0 Å². The van der Waals surface area contributed by atoms with Crippen molar-refractivity contribution in [2.45, 2.75) is 6.42 Å². The van der Waals surface area contributed by atoms with Crippen LogP contribution in [0.1, 0.15) is 15.9 Å². The first-order valence-corrected chi connectivity index (χ1v) is 11.0. The number of H-pyrrole nitrogens is 1. The van der Waals surface area contributed by atoms with Crippen molar-refractivity contribution in [1.82, 2.24) is 10.3 Å². The Kier molecular flexibility index (Phi) is 6.87. The summed E-state index contributed by atoms with van der Waals surface area (Å²) in [5.41, 5.74) is 3.60. The number of fused-ring (bicyclic) bond motifs is 1. The number of para-hydroxylation sites is 1. The van der Waals surface area contributed by atoms with Crippen molar-refractivity contribution in [2.24, 2.45) is 4.99 Å². The Morgan fingerprint density at radius 2 is 1.88 bits per heavy atom. The van der Waals surface area contributed by atoms with Gasteiger partial charge in [0, 0.05) is 45.4 Å². The van der Waals surface area contributed by atoms with Gasteiger partial charge in [0.1, 0.15) is 5.75 Å². The number of benzene rings is 3. The Hall–Kier alpha value is -3.58. The number of rotatable bonds is 6. The highest BCUT2D eigenvalue weighted by Crippen LogP contribution is 2.19. The summed E-state index contributed by atoms with van der Waals surface area (Å²) >= 11 is 3.39. The van der Waals surface area contributed by atoms with Gasteiger partial charge in [-0.3, -0.25) is 15.1 Å². The van der Waals surface area contributed by atoms with Gasteiger partial charge in [-0.1, -0.05) is 40.2 Å². The van der Waals surface area contributed by atoms with Crippen LogP contribution in [0.3, 0.4) is 0 Å². The second kappa shape index (κ2) is 10.2. The fourth-order valence-electron chi connectivity index (χ4n) is 3.36. The Bertz CT molecular complexity index is 1250. The number of carbonyl (C=O) groups is 1. The van der Waals surface area contributed by atoms with E-state index in [-0.39, 0.29) is 5.91 Å². The number of ether oxygens (including phenoxy) is 1. The second-order valence-corrected chi connectivity index (χ2v) is 8.07. The Morgan fingerprint density at radius 1 is 1.06 bits per heavy atom. The highest BCUT2D eigenvalue weighted by molar-refractivity contribution is 9.10. The summed E-state index contributed by atoms with van der Waals surface area (Å²) in [4.78, 5) is 20.7. The van der Waals surface area contributed by atoms with Gasteiger partial charge in [-0.25, -0.2) is 0 Å². The lowest BCUT2D eigenvalue weighted by Crippen LogP contribution is -2.36. The maximum atomic E-state index is 12.8. The van der Waals surface area contributed by atoms with Gasteiger partial charge in [0.05, 0.1) is 7.11 Å². The summed E-state index contributed by atoms with van der Waals surface area (Å²) in [5, 5.41) is 7.28. The molecule has 0 aliphatic rings. The third-order valence-corrected chi connectivity index (χ3v) is 5.53. The summed E-state index contributed by atoms with van der Waals surface area (Å²) in [6, 6.07) is 22.8. The first kappa shape index (κ1) is 21.6. The highest BCUT2D eigenvalue weighted by atomic mass is 79.9. The minimum atomic E-state index is -0.237. The molecule has 1 amide bonds. The minimum Gasteiger partial charge on any atom is -0.497 e. The zero-order valence-corrected chi connectivity index (χ0v) is 19.1. The molecule has 0 aliphatic heterocycles. The van der Waals surface area contributed by atoms with Crippen molar-refractivity contribution in [2.75, 3.05) is 19.0 Å². The van der Waals surface area contributed by atoms with Crippen LogP contribution in [0.25, 0.3) is 10.9 Å². The average Bonchev–Trinajstić information content (AvgIpc) is 3.22. The monoisotopic (exact) mass is 490 g/mol. The van der Waals surface area contributed by atoms with Gasteiger partial charge < -0.3 is 15.0 Å². The number of halogens is 1. The van der Waals surface area contributed by atoms with Crippen molar-refractivity contribution >= 4 is 44.4 Å². The molecule has 3 N–H and O–H groups in total. The molecule has 6 nitrogen and oxygen atoms in total. The molecule has 32 heavy (non-hydrogen) atoms. The summed E-state index contributed by atoms with van der Waals surface area (Å²) in [6.07, 6.45) is 2.75. The van der Waals surface area contributed by atoms with Crippen molar-refractivity contribution in [1.29, 1.82) is 0 Å². The van der Waals surface area contributed by atoms with E-state index in [4.69, 9.17) is 4.74 Å². The summed E-state index contributed by atoms with van der Waals surface area (Å²) in [7, 11) is 1.62. The van der Waals surface area contributed by atoms with Crippen LogP contribution in [-0.2, 0) is 6.42 Å². The van der Waals surface area contributed by atoms with Gasteiger partial charge in [-0.05, 0) is 54.4 Å². The van der Waals surface area contributed by atoms with Crippen LogP contribution in [0.5, 0.6) is 5.75 Å². The van der Waals surface area contributed by atoms with Crippen LogP contribution in [0.4, 0.5) is 5.69 Å². The molecule has 0 unspecified atom stereocenters. The molecule has 162 valence electrons. The molecule has 0 fully saturated rings. The number of aliphatic imine (C=N–C) groups is 1. The zero-order valence-electron chi connectivity index (χ0n) is 17.6. The van der Waals surface area contributed by atoms with Crippen molar-refractivity contribution in [3.63, 3.8) is 0 Å². The lowest BCUT2D eigenvalue weighted by atomic mass is 10.1. The van der Waals surface area contributed by atoms with E-state index < -0.39 is 0 Å². The minimum absolute atomic E-state index is 0.237. The van der Waals surface area contributed by atoms with Gasteiger partial charge in [0.15, 0.2) is 0 Å². The van der Waals surface area contributed by atoms with Gasteiger partial charge in [0.25, 0.3) is 5.91 Å². The van der Waals surface area contributed by atoms with Gasteiger partial charge in [-0.15, -0.1) is 0 Å². The summed E-state index contributed by atoms with van der Waals surface area (Å²) in [5.74, 6) is 0.858. The number of nitrogens with one attached hydrogen (secondary N) is 3. The molecule has 1 heterocycles. The van der Waals surface area contributed by atoms with E-state index in [1.807, 2.05) is 54.7 Å². The molecule has 0 aliphatic carbocycles. The maximum Gasteiger partial charge on any atom is 0.257 e. The number of aromatic amines is 1. The van der Waals surface area contributed by atoms with Gasteiger partial charge in [0.2, 0.25) is 5.96 Å². The fraction of sp³-hybridized carbons (Fsp3) is 0.120. The molecule has 4 rings (SSSR count). The molecule has 0 bridgehead atoms. The number of aromatic nitrogens is 1. The van der Waals surface area contributed by atoms with Crippen LogP contribution in [-0.4, -0.2) is 30.5 Å². The quantitative estimate of drug-likeness (QED) is 0.250. The van der Waals surface area contributed by atoms with Crippen LogP contribution in [0, 0.1) is 0 Å². The third kappa shape index (κ3) is 5.36. The molecule has 0 saturated heterocycles. The first-order valence-electron chi connectivity index (χ1n) is 10.2. The molecule has 0 spiro atoms. The van der Waals surface area contributed by atoms with Crippen LogP contribution in [0.2, 0.25) is 0 Å². The molecular formula is C25H23BrN4O2. The van der Waals surface area contributed by atoms with E-state index in [9.17, 15) is 4.79 Å². The predicted octanol–water partition coefficient (Wildman–Crippen LogP) is 5.38. The van der Waals surface area contributed by atoms with Crippen molar-refractivity contribution in [3.8, 4) is 5.75 Å². The molecule has 7 heteroatoms. The normalized spacial score (nSPS) is 11.4. The molecule has 0 radical (unpaired) electrons. The van der Waals surface area contributed by atoms with E-state index in [1.54, 1.807) is 19.2 Å². The van der Waals surface area contributed by atoms with E-state index in [2.05, 4.69) is 48.7 Å². The third-order valence-electron chi connectivity index (χ3n) is 5.00. The van der Waals surface area contributed by atoms with Crippen LogP contribution < -0.4 is 15.4 Å². The van der Waals surface area contributed by atoms with Gasteiger partial charge in [-0.2, -0.15) is 0 Å². The number of anilines is 1. The smallest absolute Gasteiger partial charge is 0.257 e. The maximum absolute atomic E-state index is 12.8. The largest absolute Gasteiger partial charge is 0.497 e. The van der Waals surface area contributed by atoms with Crippen molar-refractivity contribution in [3.05, 3.63) is 94.6 Å². The predicted molar refractivity (Wildman–Crippen MR) is 133 cm³/mol. The topological polar surface area (TPSA) is 78.5 Å². The van der Waals surface area contributed by atoms with E-state index in [1.165, 1.54) is 10.9 Å². The number of carbonyl (C=O) groups excluding carboxylic acids is 1. The number of nitrogens with zero attached hydrogens (tertiary/aromatic N) is 1. The Balaban J connectivity index is 1.52. The molecule has 3 aromatic carbocycles. The first-order chi connectivity index (χ1) is 15.6. The molecule has 1 aromatic heterocycles. The number of guanidine groups is 1. The Labute approximate surface area is 194 Å². The molecule has 0 saturated carbocycles. The summed E-state index contributed by atoms with van der Waals surface area (Å²) < 4.78 is 6.21. The molecule has 4 aromatic rings. The standard InChI is InChI=1S/C25H23BrN4O2/c1-32-21-6-4-5-20(15-21)29-25(30-24(31)17-9-11-19(26)12-10-17)27-14-13-18-16-28-23-8-3-2-7-22(18)23/h2-12,15-16,28H,13-14H2,1H3,(H2,27,29,30,31). The lowest BCUT2D eigenvalue weighted by Gasteiger charge is -2.13.